The quantitative estimate of drug-likeness (QED) is 0.599. The molecule has 0 unspecified atom stereocenters. The fraction of sp³-hybridized carbons (Fsp3) is 0.364. The molecule has 2 amide bonds. The van der Waals surface area contributed by atoms with Gasteiger partial charge in [0.1, 0.15) is 0 Å². The maximum Gasteiger partial charge on any atom is 0.273 e. The monoisotopic (exact) mass is 408 g/mol. The molecule has 3 aromatic rings. The third kappa shape index (κ3) is 4.94. The minimum Gasteiger partial charge on any atom is -0.351 e. The molecule has 2 N–H and O–H groups in total. The van der Waals surface area contributed by atoms with E-state index in [2.05, 4.69) is 20.8 Å². The van der Waals surface area contributed by atoms with Gasteiger partial charge in [0.05, 0.1) is 17.9 Å². The number of amides is 2. The molecule has 0 aliphatic rings. The van der Waals surface area contributed by atoms with Gasteiger partial charge in [-0.2, -0.15) is 10.2 Å². The van der Waals surface area contributed by atoms with Crippen LogP contribution in [0, 0.1) is 13.8 Å². The first kappa shape index (κ1) is 21.3. The second-order valence-corrected chi connectivity index (χ2v) is 7.24. The van der Waals surface area contributed by atoms with Gasteiger partial charge in [-0.05, 0) is 51.0 Å². The van der Waals surface area contributed by atoms with Crippen molar-refractivity contribution in [2.24, 2.45) is 0 Å². The van der Waals surface area contributed by atoms with E-state index < -0.39 is 0 Å². The van der Waals surface area contributed by atoms with Crippen LogP contribution in [0.4, 0.5) is 5.69 Å². The van der Waals surface area contributed by atoms with E-state index in [0.717, 1.165) is 23.4 Å². The van der Waals surface area contributed by atoms with Gasteiger partial charge in [0.25, 0.3) is 11.8 Å². The summed E-state index contributed by atoms with van der Waals surface area (Å²) in [6.45, 7) is 9.60. The van der Waals surface area contributed by atoms with Gasteiger partial charge in [-0.3, -0.25) is 19.0 Å². The molecule has 0 saturated carbocycles. The SMILES string of the molecule is CCCNC(=O)c1nn(CC)cc1NC(=O)c1cccc(Cn2nc(C)cc2C)c1. The first-order valence-corrected chi connectivity index (χ1v) is 10.2. The third-order valence-corrected chi connectivity index (χ3v) is 4.71. The standard InChI is InChI=1S/C22H28N6O2/c1-5-10-23-22(30)20-19(14-27(6-2)26-20)24-21(29)18-9-7-8-17(12-18)13-28-16(4)11-15(3)25-28/h7-9,11-12,14H,5-6,10,13H2,1-4H3,(H,23,30)(H,24,29). The van der Waals surface area contributed by atoms with Crippen molar-refractivity contribution in [1.29, 1.82) is 0 Å². The van der Waals surface area contributed by atoms with E-state index >= 15 is 0 Å². The minimum absolute atomic E-state index is 0.220. The molecule has 0 spiro atoms. The van der Waals surface area contributed by atoms with Gasteiger partial charge in [0.2, 0.25) is 0 Å². The predicted octanol–water partition coefficient (Wildman–Crippen LogP) is 3.16. The Morgan fingerprint density at radius 1 is 1.07 bits per heavy atom. The van der Waals surface area contributed by atoms with Gasteiger partial charge in [0, 0.05) is 30.5 Å². The Hall–Kier alpha value is -3.42. The maximum atomic E-state index is 12.9. The molecular weight excluding hydrogens is 380 g/mol. The molecule has 0 aliphatic heterocycles. The summed E-state index contributed by atoms with van der Waals surface area (Å²) in [6.07, 6.45) is 2.50. The lowest BCUT2D eigenvalue weighted by Crippen LogP contribution is -2.26. The second-order valence-electron chi connectivity index (χ2n) is 7.24. The lowest BCUT2D eigenvalue weighted by Gasteiger charge is -2.08. The first-order chi connectivity index (χ1) is 14.4. The van der Waals surface area contributed by atoms with Crippen LogP contribution < -0.4 is 10.6 Å². The summed E-state index contributed by atoms with van der Waals surface area (Å²) in [6, 6.07) is 9.42. The van der Waals surface area contributed by atoms with E-state index in [-0.39, 0.29) is 17.5 Å². The number of carbonyl (C=O) groups excluding carboxylic acids is 2. The van der Waals surface area contributed by atoms with Crippen molar-refractivity contribution in [3.8, 4) is 0 Å². The van der Waals surface area contributed by atoms with Gasteiger partial charge >= 0.3 is 0 Å². The molecule has 0 aliphatic carbocycles. The molecule has 2 aromatic heterocycles. The van der Waals surface area contributed by atoms with E-state index in [4.69, 9.17) is 0 Å². The number of hydrogen-bond acceptors (Lipinski definition) is 4. The average molecular weight is 409 g/mol. The normalized spacial score (nSPS) is 10.8. The zero-order chi connectivity index (χ0) is 21.7. The van der Waals surface area contributed by atoms with Crippen LogP contribution in [0.3, 0.4) is 0 Å². The lowest BCUT2D eigenvalue weighted by atomic mass is 10.1. The van der Waals surface area contributed by atoms with Crippen LogP contribution in [0.1, 0.15) is 58.1 Å². The van der Waals surface area contributed by atoms with Crippen molar-refractivity contribution in [3.05, 3.63) is 64.7 Å². The molecular formula is C22H28N6O2. The van der Waals surface area contributed by atoms with E-state index in [0.29, 0.717) is 30.9 Å². The van der Waals surface area contributed by atoms with Gasteiger partial charge in [0.15, 0.2) is 5.69 Å². The minimum atomic E-state index is -0.294. The molecule has 2 heterocycles. The number of nitrogens with zero attached hydrogens (tertiary/aromatic N) is 4. The van der Waals surface area contributed by atoms with Gasteiger partial charge in [-0.1, -0.05) is 19.1 Å². The van der Waals surface area contributed by atoms with Crippen molar-refractivity contribution in [3.63, 3.8) is 0 Å². The van der Waals surface area contributed by atoms with Gasteiger partial charge in [-0.15, -0.1) is 0 Å². The predicted molar refractivity (Wildman–Crippen MR) is 116 cm³/mol. The van der Waals surface area contributed by atoms with Crippen LogP contribution in [0.15, 0.2) is 36.5 Å². The molecule has 0 fully saturated rings. The van der Waals surface area contributed by atoms with E-state index in [1.165, 1.54) is 0 Å². The van der Waals surface area contributed by atoms with Crippen LogP contribution in [0.5, 0.6) is 0 Å². The molecule has 0 atom stereocenters. The number of nitrogens with one attached hydrogen (secondary N) is 2. The van der Waals surface area contributed by atoms with Gasteiger partial charge in [-0.25, -0.2) is 0 Å². The molecule has 0 saturated heterocycles. The highest BCUT2D eigenvalue weighted by Gasteiger charge is 2.19. The summed E-state index contributed by atoms with van der Waals surface area (Å²) in [7, 11) is 0. The fourth-order valence-electron chi connectivity index (χ4n) is 3.18. The summed E-state index contributed by atoms with van der Waals surface area (Å²) in [5.74, 6) is -0.581. The number of anilines is 1. The molecule has 0 radical (unpaired) electrons. The summed E-state index contributed by atoms with van der Waals surface area (Å²) in [5, 5.41) is 14.4. The molecule has 1 aromatic carbocycles. The number of rotatable bonds is 8. The Morgan fingerprint density at radius 2 is 1.87 bits per heavy atom. The molecule has 3 rings (SSSR count). The van der Waals surface area contributed by atoms with Crippen molar-refractivity contribution in [2.45, 2.75) is 47.2 Å². The molecule has 0 bridgehead atoms. The Bertz CT molecular complexity index is 1050. The Morgan fingerprint density at radius 3 is 2.53 bits per heavy atom. The highest BCUT2D eigenvalue weighted by atomic mass is 16.2. The Labute approximate surface area is 176 Å². The third-order valence-electron chi connectivity index (χ3n) is 4.71. The maximum absolute atomic E-state index is 12.9. The van der Waals surface area contributed by atoms with E-state index in [1.54, 1.807) is 16.9 Å². The van der Waals surface area contributed by atoms with Crippen molar-refractivity contribution in [2.75, 3.05) is 11.9 Å². The van der Waals surface area contributed by atoms with E-state index in [1.807, 2.05) is 56.6 Å². The smallest absolute Gasteiger partial charge is 0.273 e. The Kier molecular flexibility index (Phi) is 6.66. The zero-order valence-corrected chi connectivity index (χ0v) is 17.9. The number of carbonyl (C=O) groups is 2. The number of aryl methyl sites for hydroxylation is 3. The number of hydrogen-bond donors (Lipinski definition) is 2. The van der Waals surface area contributed by atoms with Crippen molar-refractivity contribution < 1.29 is 9.59 Å². The summed E-state index contributed by atoms with van der Waals surface area (Å²) < 4.78 is 3.55. The average Bonchev–Trinajstić information content (AvgIpc) is 3.28. The molecule has 158 valence electrons. The summed E-state index contributed by atoms with van der Waals surface area (Å²) in [5.41, 5.74) is 4.13. The van der Waals surface area contributed by atoms with Crippen LogP contribution in [0.25, 0.3) is 0 Å². The van der Waals surface area contributed by atoms with Crippen LogP contribution >= 0.6 is 0 Å². The summed E-state index contributed by atoms with van der Waals surface area (Å²) >= 11 is 0. The topological polar surface area (TPSA) is 93.8 Å². The largest absolute Gasteiger partial charge is 0.351 e. The Balaban J connectivity index is 1.78. The second kappa shape index (κ2) is 9.39. The molecule has 30 heavy (non-hydrogen) atoms. The first-order valence-electron chi connectivity index (χ1n) is 10.2. The highest BCUT2D eigenvalue weighted by Crippen LogP contribution is 2.17. The highest BCUT2D eigenvalue weighted by molar-refractivity contribution is 6.08. The van der Waals surface area contributed by atoms with Gasteiger partial charge < -0.3 is 10.6 Å². The van der Waals surface area contributed by atoms with Crippen LogP contribution in [-0.4, -0.2) is 37.9 Å². The van der Waals surface area contributed by atoms with Crippen LogP contribution in [-0.2, 0) is 13.1 Å². The van der Waals surface area contributed by atoms with Crippen molar-refractivity contribution in [1.82, 2.24) is 24.9 Å². The van der Waals surface area contributed by atoms with E-state index in [9.17, 15) is 9.59 Å². The fourth-order valence-corrected chi connectivity index (χ4v) is 3.18. The molecule has 8 heteroatoms. The van der Waals surface area contributed by atoms with Crippen LogP contribution in [0.2, 0.25) is 0 Å². The number of aromatic nitrogens is 4. The summed E-state index contributed by atoms with van der Waals surface area (Å²) in [4.78, 5) is 25.3. The van der Waals surface area contributed by atoms with Crippen molar-refractivity contribution >= 4 is 17.5 Å². The molecule has 8 nitrogen and oxygen atoms in total. The zero-order valence-electron chi connectivity index (χ0n) is 17.9. The lowest BCUT2D eigenvalue weighted by molar-refractivity contribution is 0.0948. The number of benzene rings is 1.